The molecule has 0 radical (unpaired) electrons. The molecule has 1 aromatic heterocycles. The lowest BCUT2D eigenvalue weighted by Gasteiger charge is -2.09. The zero-order valence-corrected chi connectivity index (χ0v) is 8.19. The number of rotatable bonds is 5. The second-order valence-corrected chi connectivity index (χ2v) is 3.13. The quantitative estimate of drug-likeness (QED) is 0.744. The summed E-state index contributed by atoms with van der Waals surface area (Å²) in [6.45, 7) is 2.25. The Bertz CT molecular complexity index is 269. The van der Waals surface area contributed by atoms with Crippen LogP contribution in [0.1, 0.15) is 30.3 Å². The molecule has 0 aromatic carbocycles. The minimum Gasteiger partial charge on any atom is -0.459 e. The predicted molar refractivity (Wildman–Crippen MR) is 52.0 cm³/mol. The molecule has 2 N–H and O–H groups in total. The van der Waals surface area contributed by atoms with Gasteiger partial charge in [-0.2, -0.15) is 0 Å². The molecule has 0 saturated carbocycles. The molecule has 1 atom stereocenters. The van der Waals surface area contributed by atoms with Gasteiger partial charge in [0.05, 0.1) is 12.4 Å². The fraction of sp³-hybridized carbons (Fsp3) is 0.500. The first-order valence-electron chi connectivity index (χ1n) is 4.73. The van der Waals surface area contributed by atoms with Crippen LogP contribution in [0.25, 0.3) is 0 Å². The summed E-state index contributed by atoms with van der Waals surface area (Å²) in [7, 11) is 0. The van der Waals surface area contributed by atoms with E-state index in [0.29, 0.717) is 6.42 Å². The topological polar surface area (TPSA) is 62.5 Å². The molecule has 4 nitrogen and oxygen atoms in total. The highest BCUT2D eigenvalue weighted by atomic mass is 16.3. The van der Waals surface area contributed by atoms with Gasteiger partial charge in [-0.25, -0.2) is 0 Å². The second kappa shape index (κ2) is 5.44. The van der Waals surface area contributed by atoms with Crippen LogP contribution in [0.4, 0.5) is 0 Å². The predicted octanol–water partition coefficient (Wildman–Crippen LogP) is 1.17. The molecule has 0 aliphatic heterocycles. The number of aliphatic hydroxyl groups excluding tert-OH is 1. The Morgan fingerprint density at radius 1 is 1.71 bits per heavy atom. The third-order valence-electron chi connectivity index (χ3n) is 1.87. The standard InChI is InChI=1S/C10H15NO3/c1-2-4-8(12)7-11-10(13)9-5-3-6-14-9/h3,5-6,8,12H,2,4,7H2,1H3,(H,11,13). The van der Waals surface area contributed by atoms with Crippen LogP contribution >= 0.6 is 0 Å². The Labute approximate surface area is 82.9 Å². The Morgan fingerprint density at radius 3 is 3.07 bits per heavy atom. The number of carbonyl (C=O) groups excluding carboxylic acids is 1. The molecular formula is C10H15NO3. The van der Waals surface area contributed by atoms with E-state index in [1.165, 1.54) is 6.26 Å². The van der Waals surface area contributed by atoms with E-state index < -0.39 is 6.10 Å². The van der Waals surface area contributed by atoms with Crippen molar-refractivity contribution in [1.29, 1.82) is 0 Å². The lowest BCUT2D eigenvalue weighted by molar-refractivity contribution is 0.0883. The molecule has 1 heterocycles. The molecule has 1 rings (SSSR count). The van der Waals surface area contributed by atoms with Gasteiger partial charge in [0.25, 0.3) is 5.91 Å². The molecule has 0 aliphatic rings. The molecule has 78 valence electrons. The van der Waals surface area contributed by atoms with Crippen LogP contribution in [0.15, 0.2) is 22.8 Å². The van der Waals surface area contributed by atoms with Crippen molar-refractivity contribution in [1.82, 2.24) is 5.32 Å². The van der Waals surface area contributed by atoms with E-state index in [1.807, 2.05) is 6.92 Å². The summed E-state index contributed by atoms with van der Waals surface area (Å²) in [6.07, 6.45) is 2.56. The molecule has 0 bridgehead atoms. The van der Waals surface area contributed by atoms with Crippen molar-refractivity contribution in [3.05, 3.63) is 24.2 Å². The minimum absolute atomic E-state index is 0.271. The highest BCUT2D eigenvalue weighted by molar-refractivity contribution is 5.91. The Balaban J connectivity index is 2.28. The van der Waals surface area contributed by atoms with Crippen molar-refractivity contribution in [3.8, 4) is 0 Å². The fourth-order valence-corrected chi connectivity index (χ4v) is 1.14. The van der Waals surface area contributed by atoms with Crippen molar-refractivity contribution in [2.24, 2.45) is 0 Å². The summed E-state index contributed by atoms with van der Waals surface area (Å²) in [5.41, 5.74) is 0. The smallest absolute Gasteiger partial charge is 0.287 e. The van der Waals surface area contributed by atoms with Crippen LogP contribution in [0, 0.1) is 0 Å². The van der Waals surface area contributed by atoms with Crippen molar-refractivity contribution in [2.45, 2.75) is 25.9 Å². The van der Waals surface area contributed by atoms with Crippen LogP contribution in [0.3, 0.4) is 0 Å². The Hall–Kier alpha value is -1.29. The summed E-state index contributed by atoms with van der Waals surface area (Å²) in [6, 6.07) is 3.24. The average molecular weight is 197 g/mol. The van der Waals surface area contributed by atoms with E-state index in [2.05, 4.69) is 5.32 Å². The van der Waals surface area contributed by atoms with E-state index in [9.17, 15) is 9.90 Å². The summed E-state index contributed by atoms with van der Waals surface area (Å²) in [5.74, 6) is -0.0150. The highest BCUT2D eigenvalue weighted by Gasteiger charge is 2.09. The lowest BCUT2D eigenvalue weighted by Crippen LogP contribution is -2.31. The normalized spacial score (nSPS) is 12.4. The first-order chi connectivity index (χ1) is 6.74. The fourth-order valence-electron chi connectivity index (χ4n) is 1.14. The maximum atomic E-state index is 11.3. The van der Waals surface area contributed by atoms with Crippen LogP contribution in [-0.2, 0) is 0 Å². The number of hydrogen-bond donors (Lipinski definition) is 2. The maximum absolute atomic E-state index is 11.3. The maximum Gasteiger partial charge on any atom is 0.287 e. The first-order valence-corrected chi connectivity index (χ1v) is 4.73. The number of carbonyl (C=O) groups is 1. The van der Waals surface area contributed by atoms with Crippen molar-refractivity contribution in [2.75, 3.05) is 6.54 Å². The Morgan fingerprint density at radius 2 is 2.50 bits per heavy atom. The van der Waals surface area contributed by atoms with Gasteiger partial charge in [-0.3, -0.25) is 4.79 Å². The minimum atomic E-state index is -0.473. The lowest BCUT2D eigenvalue weighted by atomic mass is 10.2. The van der Waals surface area contributed by atoms with Gasteiger partial charge in [0.2, 0.25) is 0 Å². The van der Waals surface area contributed by atoms with Gasteiger partial charge in [-0.05, 0) is 18.6 Å². The van der Waals surface area contributed by atoms with Gasteiger partial charge >= 0.3 is 0 Å². The van der Waals surface area contributed by atoms with E-state index in [0.717, 1.165) is 6.42 Å². The van der Waals surface area contributed by atoms with Crippen LogP contribution in [0.5, 0.6) is 0 Å². The number of amides is 1. The van der Waals surface area contributed by atoms with Gasteiger partial charge in [0, 0.05) is 6.54 Å². The van der Waals surface area contributed by atoms with Crippen molar-refractivity contribution < 1.29 is 14.3 Å². The number of hydrogen-bond acceptors (Lipinski definition) is 3. The van der Waals surface area contributed by atoms with Crippen molar-refractivity contribution in [3.63, 3.8) is 0 Å². The van der Waals surface area contributed by atoms with Crippen LogP contribution in [-0.4, -0.2) is 23.7 Å². The number of furan rings is 1. The average Bonchev–Trinajstić information content (AvgIpc) is 2.67. The molecule has 14 heavy (non-hydrogen) atoms. The molecule has 0 aliphatic carbocycles. The third kappa shape index (κ3) is 3.22. The Kier molecular flexibility index (Phi) is 4.19. The molecule has 4 heteroatoms. The molecule has 1 aromatic rings. The molecule has 1 unspecified atom stereocenters. The number of aliphatic hydroxyl groups is 1. The molecular weight excluding hydrogens is 182 g/mol. The third-order valence-corrected chi connectivity index (χ3v) is 1.87. The summed E-state index contributed by atoms with van der Waals surface area (Å²) < 4.78 is 4.89. The highest BCUT2D eigenvalue weighted by Crippen LogP contribution is 2.00. The SMILES string of the molecule is CCCC(O)CNC(=O)c1ccco1. The van der Waals surface area contributed by atoms with Gasteiger partial charge < -0.3 is 14.8 Å². The monoisotopic (exact) mass is 197 g/mol. The van der Waals surface area contributed by atoms with Gasteiger partial charge in [0.15, 0.2) is 5.76 Å². The largest absolute Gasteiger partial charge is 0.459 e. The van der Waals surface area contributed by atoms with E-state index in [-0.39, 0.29) is 18.2 Å². The first kappa shape index (κ1) is 10.8. The zero-order chi connectivity index (χ0) is 10.4. The molecule has 0 saturated heterocycles. The molecule has 0 spiro atoms. The van der Waals surface area contributed by atoms with E-state index in [4.69, 9.17) is 4.42 Å². The van der Waals surface area contributed by atoms with E-state index >= 15 is 0 Å². The molecule has 1 amide bonds. The summed E-state index contributed by atoms with van der Waals surface area (Å²) >= 11 is 0. The van der Waals surface area contributed by atoms with Crippen molar-refractivity contribution >= 4 is 5.91 Å². The molecule has 0 fully saturated rings. The van der Waals surface area contributed by atoms with Gasteiger partial charge in [-0.15, -0.1) is 0 Å². The van der Waals surface area contributed by atoms with Gasteiger partial charge in [0.1, 0.15) is 0 Å². The van der Waals surface area contributed by atoms with E-state index in [1.54, 1.807) is 12.1 Å². The van der Waals surface area contributed by atoms with Crippen LogP contribution in [0.2, 0.25) is 0 Å². The summed E-state index contributed by atoms with van der Waals surface area (Å²) in [5, 5.41) is 11.9. The zero-order valence-electron chi connectivity index (χ0n) is 8.19. The van der Waals surface area contributed by atoms with Gasteiger partial charge in [-0.1, -0.05) is 13.3 Å². The van der Waals surface area contributed by atoms with Crippen LogP contribution < -0.4 is 5.32 Å². The second-order valence-electron chi connectivity index (χ2n) is 3.13. The summed E-state index contributed by atoms with van der Waals surface area (Å²) in [4.78, 5) is 11.3. The number of nitrogens with one attached hydrogen (secondary N) is 1.